The summed E-state index contributed by atoms with van der Waals surface area (Å²) in [6.07, 6.45) is 0.576. The number of para-hydroxylation sites is 1. The number of carboxylic acids is 1. The summed E-state index contributed by atoms with van der Waals surface area (Å²) in [6.45, 7) is 0.308. The number of nitrogens with one attached hydrogen (secondary N) is 1. The molecular formula is C13H15N3O4S. The fraction of sp³-hybridized carbons (Fsp3) is 0.385. The normalized spacial score (nSPS) is 17.1. The van der Waals surface area contributed by atoms with Crippen molar-refractivity contribution in [3.63, 3.8) is 0 Å². The van der Waals surface area contributed by atoms with Crippen LogP contribution >= 0.6 is 0 Å². The van der Waals surface area contributed by atoms with E-state index in [9.17, 15) is 13.2 Å². The third-order valence-corrected chi connectivity index (χ3v) is 4.95. The minimum atomic E-state index is -3.78. The number of hydrogen-bond acceptors (Lipinski definition) is 4. The van der Waals surface area contributed by atoms with Crippen LogP contribution in [0.15, 0.2) is 24.3 Å². The molecule has 1 aliphatic rings. The maximum atomic E-state index is 12.3. The van der Waals surface area contributed by atoms with Crippen LogP contribution in [0.5, 0.6) is 0 Å². The summed E-state index contributed by atoms with van der Waals surface area (Å²) in [7, 11) is -3.78. The Morgan fingerprint density at radius 1 is 1.33 bits per heavy atom. The van der Waals surface area contributed by atoms with Gasteiger partial charge in [0, 0.05) is 13.1 Å². The maximum absolute atomic E-state index is 12.3. The van der Waals surface area contributed by atoms with Crippen molar-refractivity contribution in [3.8, 4) is 6.07 Å². The largest absolute Gasteiger partial charge is 0.481 e. The van der Waals surface area contributed by atoms with Crippen molar-refractivity contribution in [2.24, 2.45) is 5.92 Å². The van der Waals surface area contributed by atoms with Gasteiger partial charge in [-0.15, -0.1) is 0 Å². The highest BCUT2D eigenvalue weighted by Crippen LogP contribution is 2.22. The van der Waals surface area contributed by atoms with E-state index in [2.05, 4.69) is 4.72 Å². The molecule has 2 N–H and O–H groups in total. The number of carboxylic acid groups (broad SMARTS) is 1. The summed E-state index contributed by atoms with van der Waals surface area (Å²) in [5.74, 6) is -1.39. The predicted molar refractivity (Wildman–Crippen MR) is 75.6 cm³/mol. The molecule has 2 rings (SSSR count). The molecule has 1 fully saturated rings. The monoisotopic (exact) mass is 309 g/mol. The summed E-state index contributed by atoms with van der Waals surface area (Å²) in [4.78, 5) is 10.9. The average Bonchev–Trinajstić information content (AvgIpc) is 2.47. The Balaban J connectivity index is 2.10. The molecule has 0 amide bonds. The van der Waals surface area contributed by atoms with E-state index >= 15 is 0 Å². The van der Waals surface area contributed by atoms with Crippen molar-refractivity contribution in [1.29, 1.82) is 5.26 Å². The van der Waals surface area contributed by atoms with Gasteiger partial charge in [0.1, 0.15) is 6.07 Å². The van der Waals surface area contributed by atoms with E-state index < -0.39 is 22.1 Å². The van der Waals surface area contributed by atoms with Gasteiger partial charge in [0.15, 0.2) is 0 Å². The standard InChI is InChI=1S/C13H15N3O4S/c14-9-11-3-1-2-4-12(11)15-21(19,20)16-7-5-10(6-8-16)13(17)18/h1-4,10,15H,5-8H2,(H,17,18). The molecular weight excluding hydrogens is 294 g/mol. The van der Waals surface area contributed by atoms with Crippen molar-refractivity contribution in [3.05, 3.63) is 29.8 Å². The number of anilines is 1. The molecule has 0 bridgehead atoms. The Bertz CT molecular complexity index is 673. The van der Waals surface area contributed by atoms with Crippen molar-refractivity contribution < 1.29 is 18.3 Å². The number of rotatable bonds is 4. The number of nitrogens with zero attached hydrogens (tertiary/aromatic N) is 2. The first-order valence-corrected chi connectivity index (χ1v) is 7.88. The zero-order valence-electron chi connectivity index (χ0n) is 11.2. The predicted octanol–water partition coefficient (Wildman–Crippen LogP) is 1.01. The third kappa shape index (κ3) is 3.51. The molecule has 112 valence electrons. The van der Waals surface area contributed by atoms with Gasteiger partial charge in [0.25, 0.3) is 0 Å². The number of carbonyl (C=O) groups is 1. The minimum absolute atomic E-state index is 0.154. The lowest BCUT2D eigenvalue weighted by molar-refractivity contribution is -0.142. The highest BCUT2D eigenvalue weighted by Gasteiger charge is 2.31. The van der Waals surface area contributed by atoms with Gasteiger partial charge < -0.3 is 5.11 Å². The Kier molecular flexibility index (Phi) is 4.45. The van der Waals surface area contributed by atoms with E-state index in [4.69, 9.17) is 10.4 Å². The van der Waals surface area contributed by atoms with Gasteiger partial charge in [-0.1, -0.05) is 12.1 Å². The van der Waals surface area contributed by atoms with Gasteiger partial charge in [0.05, 0.1) is 17.2 Å². The second kappa shape index (κ2) is 6.11. The Morgan fingerprint density at radius 3 is 2.52 bits per heavy atom. The van der Waals surface area contributed by atoms with Crippen molar-refractivity contribution in [1.82, 2.24) is 4.31 Å². The molecule has 1 aromatic carbocycles. The van der Waals surface area contributed by atoms with E-state index in [0.29, 0.717) is 0 Å². The summed E-state index contributed by atoms with van der Waals surface area (Å²) < 4.78 is 28.1. The molecule has 0 spiro atoms. The lowest BCUT2D eigenvalue weighted by atomic mass is 9.99. The summed E-state index contributed by atoms with van der Waals surface area (Å²) in [5.41, 5.74) is 0.460. The van der Waals surface area contributed by atoms with Crippen LogP contribution in [0.2, 0.25) is 0 Å². The molecule has 0 atom stereocenters. The smallest absolute Gasteiger partial charge is 0.306 e. The molecule has 1 aliphatic heterocycles. The first-order chi connectivity index (χ1) is 9.94. The fourth-order valence-electron chi connectivity index (χ4n) is 2.22. The molecule has 1 aromatic rings. The van der Waals surface area contributed by atoms with Crippen LogP contribution in [0, 0.1) is 17.2 Å². The summed E-state index contributed by atoms with van der Waals surface area (Å²) >= 11 is 0. The van der Waals surface area contributed by atoms with E-state index in [0.717, 1.165) is 0 Å². The van der Waals surface area contributed by atoms with Crippen LogP contribution < -0.4 is 4.72 Å². The average molecular weight is 309 g/mol. The van der Waals surface area contributed by atoms with Crippen LogP contribution in [0.25, 0.3) is 0 Å². The summed E-state index contributed by atoms with van der Waals surface area (Å²) in [5, 5.41) is 17.9. The first kappa shape index (κ1) is 15.3. The van der Waals surface area contributed by atoms with Crippen LogP contribution in [0.4, 0.5) is 5.69 Å². The fourth-order valence-corrected chi connectivity index (χ4v) is 3.49. The molecule has 0 aliphatic carbocycles. The number of piperidine rings is 1. The molecule has 21 heavy (non-hydrogen) atoms. The van der Waals surface area contributed by atoms with Crippen LogP contribution in [-0.2, 0) is 15.0 Å². The zero-order valence-corrected chi connectivity index (χ0v) is 12.0. The quantitative estimate of drug-likeness (QED) is 0.862. The second-order valence-corrected chi connectivity index (χ2v) is 6.45. The highest BCUT2D eigenvalue weighted by molar-refractivity contribution is 7.90. The van der Waals surface area contributed by atoms with Gasteiger partial charge in [0.2, 0.25) is 0 Å². The van der Waals surface area contributed by atoms with Crippen molar-refractivity contribution in [2.75, 3.05) is 17.8 Å². The van der Waals surface area contributed by atoms with Gasteiger partial charge in [-0.3, -0.25) is 9.52 Å². The number of hydrogen-bond donors (Lipinski definition) is 2. The number of aliphatic carboxylic acids is 1. The van der Waals surface area contributed by atoms with E-state index in [1.807, 2.05) is 6.07 Å². The lowest BCUT2D eigenvalue weighted by Gasteiger charge is -2.29. The number of benzene rings is 1. The van der Waals surface area contributed by atoms with E-state index in [1.54, 1.807) is 12.1 Å². The minimum Gasteiger partial charge on any atom is -0.481 e. The summed E-state index contributed by atoms with van der Waals surface area (Å²) in [6, 6.07) is 8.24. The van der Waals surface area contributed by atoms with Crippen LogP contribution in [0.3, 0.4) is 0 Å². The number of nitriles is 1. The molecule has 0 saturated carbocycles. The zero-order chi connectivity index (χ0) is 15.5. The van der Waals surface area contributed by atoms with Gasteiger partial charge >= 0.3 is 16.2 Å². The molecule has 1 saturated heterocycles. The van der Waals surface area contributed by atoms with Gasteiger partial charge in [-0.25, -0.2) is 0 Å². The highest BCUT2D eigenvalue weighted by atomic mass is 32.2. The molecule has 0 unspecified atom stereocenters. The molecule has 0 aromatic heterocycles. The van der Waals surface area contributed by atoms with E-state index in [1.165, 1.54) is 16.4 Å². The van der Waals surface area contributed by atoms with Crippen LogP contribution in [0.1, 0.15) is 18.4 Å². The Morgan fingerprint density at radius 2 is 1.95 bits per heavy atom. The second-order valence-electron chi connectivity index (χ2n) is 4.78. The van der Waals surface area contributed by atoms with Gasteiger partial charge in [-0.05, 0) is 25.0 Å². The van der Waals surface area contributed by atoms with Crippen molar-refractivity contribution >= 4 is 21.9 Å². The molecule has 1 heterocycles. The first-order valence-electron chi connectivity index (χ1n) is 6.44. The van der Waals surface area contributed by atoms with E-state index in [-0.39, 0.29) is 37.2 Å². The molecule has 8 heteroatoms. The molecule has 0 radical (unpaired) electrons. The molecule has 7 nitrogen and oxygen atoms in total. The lowest BCUT2D eigenvalue weighted by Crippen LogP contribution is -2.43. The van der Waals surface area contributed by atoms with Crippen molar-refractivity contribution in [2.45, 2.75) is 12.8 Å². The van der Waals surface area contributed by atoms with Crippen LogP contribution in [-0.4, -0.2) is 36.9 Å². The third-order valence-electron chi connectivity index (χ3n) is 3.43. The Labute approximate surface area is 123 Å². The Hall–Kier alpha value is -2.11. The SMILES string of the molecule is N#Cc1ccccc1NS(=O)(=O)N1CCC(C(=O)O)CC1. The van der Waals surface area contributed by atoms with Gasteiger partial charge in [-0.2, -0.15) is 18.0 Å². The topological polar surface area (TPSA) is 111 Å². The maximum Gasteiger partial charge on any atom is 0.306 e.